The Morgan fingerprint density at radius 1 is 0.875 bits per heavy atom. The van der Waals surface area contributed by atoms with Gasteiger partial charge in [-0.25, -0.2) is 4.79 Å². The molecular formula is C27H24ClN3O. The number of pyridine rings is 1. The van der Waals surface area contributed by atoms with Crippen molar-refractivity contribution in [3.8, 4) is 0 Å². The highest BCUT2D eigenvalue weighted by Crippen LogP contribution is 2.33. The second-order valence-electron chi connectivity index (χ2n) is 7.66. The summed E-state index contributed by atoms with van der Waals surface area (Å²) in [4.78, 5) is 18.0. The van der Waals surface area contributed by atoms with E-state index in [0.717, 1.165) is 22.4 Å². The third kappa shape index (κ3) is 4.66. The van der Waals surface area contributed by atoms with Gasteiger partial charge in [-0.2, -0.15) is 0 Å². The maximum Gasteiger partial charge on any atom is 0.320 e. The van der Waals surface area contributed by atoms with Crippen molar-refractivity contribution in [3.05, 3.63) is 131 Å². The van der Waals surface area contributed by atoms with Gasteiger partial charge in [0.05, 0.1) is 16.4 Å². The summed E-state index contributed by atoms with van der Waals surface area (Å²) in [6.07, 6.45) is 2.28. The van der Waals surface area contributed by atoms with Crippen LogP contribution in [0.5, 0.6) is 0 Å². The number of nitrogens with zero attached hydrogens (tertiary/aromatic N) is 1. The molecule has 4 rings (SSSR count). The lowest BCUT2D eigenvalue weighted by Gasteiger charge is -2.35. The lowest BCUT2D eigenvalue weighted by Crippen LogP contribution is -2.50. The summed E-state index contributed by atoms with van der Waals surface area (Å²) in [5, 5.41) is 6.68. The number of hydrogen-bond acceptors (Lipinski definition) is 2. The monoisotopic (exact) mass is 441 g/mol. The Labute approximate surface area is 193 Å². The van der Waals surface area contributed by atoms with Gasteiger partial charge in [0.15, 0.2) is 0 Å². The number of benzene rings is 3. The van der Waals surface area contributed by atoms with E-state index in [2.05, 4.69) is 27.8 Å². The minimum atomic E-state index is -0.885. The van der Waals surface area contributed by atoms with Crippen molar-refractivity contribution < 1.29 is 4.79 Å². The van der Waals surface area contributed by atoms with Gasteiger partial charge in [0.1, 0.15) is 5.54 Å². The number of carbonyl (C=O) groups excluding carboxylic acids is 1. The highest BCUT2D eigenvalue weighted by atomic mass is 35.5. The van der Waals surface area contributed by atoms with Crippen molar-refractivity contribution in [3.63, 3.8) is 0 Å². The fourth-order valence-corrected chi connectivity index (χ4v) is 4.03. The van der Waals surface area contributed by atoms with Gasteiger partial charge in [-0.15, -0.1) is 0 Å². The molecule has 0 radical (unpaired) electrons. The summed E-state index contributed by atoms with van der Waals surface area (Å²) in [6, 6.07) is 30.9. The molecule has 3 aromatic carbocycles. The van der Waals surface area contributed by atoms with Crippen LogP contribution in [0.2, 0.25) is 5.02 Å². The summed E-state index contributed by atoms with van der Waals surface area (Å²) in [5.41, 5.74) is 3.34. The number of amides is 2. The van der Waals surface area contributed by atoms with Crippen molar-refractivity contribution in [1.82, 2.24) is 10.3 Å². The molecule has 0 fully saturated rings. The highest BCUT2D eigenvalue weighted by Gasteiger charge is 2.37. The van der Waals surface area contributed by atoms with Crippen LogP contribution in [0.3, 0.4) is 0 Å². The first-order chi connectivity index (χ1) is 15.6. The molecule has 1 unspecified atom stereocenters. The largest absolute Gasteiger partial charge is 0.322 e. The van der Waals surface area contributed by atoms with Gasteiger partial charge in [0.25, 0.3) is 0 Å². The van der Waals surface area contributed by atoms with E-state index in [-0.39, 0.29) is 6.03 Å². The molecule has 1 aromatic heterocycles. The first-order valence-electron chi connectivity index (χ1n) is 10.4. The minimum Gasteiger partial charge on any atom is -0.322 e. The average Bonchev–Trinajstić information content (AvgIpc) is 2.83. The molecule has 0 spiro atoms. The molecule has 1 atom stereocenters. The fourth-order valence-electron chi connectivity index (χ4n) is 3.85. The summed E-state index contributed by atoms with van der Waals surface area (Å²) < 4.78 is 0. The quantitative estimate of drug-likeness (QED) is 0.366. The van der Waals surface area contributed by atoms with Crippen molar-refractivity contribution in [1.29, 1.82) is 0 Å². The van der Waals surface area contributed by atoms with E-state index >= 15 is 0 Å². The second-order valence-corrected chi connectivity index (χ2v) is 8.04. The number of aromatic nitrogens is 1. The van der Waals surface area contributed by atoms with E-state index in [1.165, 1.54) is 0 Å². The van der Waals surface area contributed by atoms with Crippen molar-refractivity contribution in [2.45, 2.75) is 18.9 Å². The van der Waals surface area contributed by atoms with Crippen molar-refractivity contribution >= 4 is 23.3 Å². The molecule has 4 nitrogen and oxygen atoms in total. The average molecular weight is 442 g/mol. The Balaban J connectivity index is 1.78. The van der Waals surface area contributed by atoms with E-state index in [1.807, 2.05) is 85.8 Å². The van der Waals surface area contributed by atoms with Gasteiger partial charge >= 0.3 is 6.03 Å². The molecule has 2 amide bonds. The highest BCUT2D eigenvalue weighted by molar-refractivity contribution is 6.34. The van der Waals surface area contributed by atoms with Crippen LogP contribution in [-0.2, 0) is 12.0 Å². The normalized spacial score (nSPS) is 12.6. The second kappa shape index (κ2) is 9.67. The van der Waals surface area contributed by atoms with E-state index in [4.69, 9.17) is 11.6 Å². The maximum absolute atomic E-state index is 13.3. The topological polar surface area (TPSA) is 54.0 Å². The SMILES string of the molecule is Cc1cccc(NC(=O)NC(Cc2ccccc2)(c2ccccc2)c2ccccn2)c1Cl. The molecule has 32 heavy (non-hydrogen) atoms. The van der Waals surface area contributed by atoms with E-state index < -0.39 is 5.54 Å². The Morgan fingerprint density at radius 3 is 2.25 bits per heavy atom. The van der Waals surface area contributed by atoms with Gasteiger partial charge in [-0.1, -0.05) is 90.5 Å². The molecule has 0 aliphatic heterocycles. The van der Waals surface area contributed by atoms with Crippen molar-refractivity contribution in [2.24, 2.45) is 0 Å². The van der Waals surface area contributed by atoms with Gasteiger partial charge in [-0.3, -0.25) is 4.98 Å². The minimum absolute atomic E-state index is 0.358. The number of urea groups is 1. The fraction of sp³-hybridized carbons (Fsp3) is 0.111. The van der Waals surface area contributed by atoms with Crippen LogP contribution < -0.4 is 10.6 Å². The molecular weight excluding hydrogens is 418 g/mol. The van der Waals surface area contributed by atoms with Gasteiger partial charge < -0.3 is 10.6 Å². The van der Waals surface area contributed by atoms with Crippen LogP contribution in [0.4, 0.5) is 10.5 Å². The zero-order chi connectivity index (χ0) is 22.4. The lowest BCUT2D eigenvalue weighted by atomic mass is 9.80. The molecule has 0 aliphatic rings. The first-order valence-corrected chi connectivity index (χ1v) is 10.8. The Hall–Kier alpha value is -3.63. The van der Waals surface area contributed by atoms with Crippen LogP contribution in [0.25, 0.3) is 0 Å². The summed E-state index contributed by atoms with van der Waals surface area (Å²) in [5.74, 6) is 0. The predicted molar refractivity (Wildman–Crippen MR) is 130 cm³/mol. The number of aryl methyl sites for hydroxylation is 1. The number of carbonyl (C=O) groups is 1. The lowest BCUT2D eigenvalue weighted by molar-refractivity contribution is 0.241. The number of halogens is 1. The number of nitrogens with one attached hydrogen (secondary N) is 2. The standard InChI is InChI=1S/C27H24ClN3O/c1-20-11-10-16-23(25(20)28)30-26(32)31-27(22-14-6-3-7-15-22,24-17-8-9-18-29-24)19-21-12-4-2-5-13-21/h2-18H,19H2,1H3,(H2,30,31,32). The van der Waals surface area contributed by atoms with Gasteiger partial charge in [0, 0.05) is 12.6 Å². The van der Waals surface area contributed by atoms with Crippen LogP contribution in [0.15, 0.2) is 103 Å². The molecule has 0 saturated heterocycles. The molecule has 1 heterocycles. The van der Waals surface area contributed by atoms with Crippen LogP contribution >= 0.6 is 11.6 Å². The Morgan fingerprint density at radius 2 is 1.56 bits per heavy atom. The molecule has 0 bridgehead atoms. The van der Waals surface area contributed by atoms with E-state index in [9.17, 15) is 4.79 Å². The van der Waals surface area contributed by atoms with E-state index in [0.29, 0.717) is 17.1 Å². The van der Waals surface area contributed by atoms with E-state index in [1.54, 1.807) is 12.3 Å². The Bertz CT molecular complexity index is 1140. The van der Waals surface area contributed by atoms with Gasteiger partial charge in [-0.05, 0) is 41.8 Å². The van der Waals surface area contributed by atoms with Crippen LogP contribution in [-0.4, -0.2) is 11.0 Å². The van der Waals surface area contributed by atoms with Crippen LogP contribution in [0.1, 0.15) is 22.4 Å². The first kappa shape index (κ1) is 21.6. The zero-order valence-corrected chi connectivity index (χ0v) is 18.5. The summed E-state index contributed by atoms with van der Waals surface area (Å²) >= 11 is 6.42. The molecule has 0 aliphatic carbocycles. The number of anilines is 1. The molecule has 4 aromatic rings. The molecule has 2 N–H and O–H groups in total. The van der Waals surface area contributed by atoms with Gasteiger partial charge in [0.2, 0.25) is 0 Å². The summed E-state index contributed by atoms with van der Waals surface area (Å²) in [6.45, 7) is 1.91. The smallest absolute Gasteiger partial charge is 0.320 e. The molecule has 5 heteroatoms. The third-order valence-electron chi connectivity index (χ3n) is 5.45. The maximum atomic E-state index is 13.3. The zero-order valence-electron chi connectivity index (χ0n) is 17.8. The van der Waals surface area contributed by atoms with Crippen molar-refractivity contribution in [2.75, 3.05) is 5.32 Å². The van der Waals surface area contributed by atoms with Crippen LogP contribution in [0, 0.1) is 6.92 Å². The predicted octanol–water partition coefficient (Wildman–Crippen LogP) is 6.35. The third-order valence-corrected chi connectivity index (χ3v) is 5.95. The summed E-state index contributed by atoms with van der Waals surface area (Å²) in [7, 11) is 0. The molecule has 0 saturated carbocycles. The number of hydrogen-bond donors (Lipinski definition) is 2. The Kier molecular flexibility index (Phi) is 6.52. The number of rotatable bonds is 6. The molecule has 160 valence electrons.